The van der Waals surface area contributed by atoms with Crippen LogP contribution in [0, 0.1) is 6.92 Å². The molecule has 0 aliphatic carbocycles. The molecule has 0 radical (unpaired) electrons. The van der Waals surface area contributed by atoms with Crippen LogP contribution in [0.3, 0.4) is 0 Å². The second-order valence-electron chi connectivity index (χ2n) is 8.08. The molecule has 1 aromatic heterocycles. The Bertz CT molecular complexity index is 1250. The van der Waals surface area contributed by atoms with Crippen molar-refractivity contribution in [2.24, 2.45) is 7.05 Å². The number of carboxylic acid groups (broad SMARTS) is 2. The Balaban J connectivity index is 0.00000167. The van der Waals surface area contributed by atoms with Crippen molar-refractivity contribution in [2.45, 2.75) is 40.3 Å². The maximum Gasteiger partial charge on any atom is 0.410 e. The van der Waals surface area contributed by atoms with Crippen LogP contribution in [0.25, 0.3) is 11.3 Å². The van der Waals surface area contributed by atoms with Gasteiger partial charge in [0.25, 0.3) is 0 Å². The lowest BCUT2D eigenvalue weighted by atomic mass is 9.92. The highest BCUT2D eigenvalue weighted by molar-refractivity contribution is 5.98. The molecule has 0 bridgehead atoms. The molecule has 0 unspecified atom stereocenters. The number of aromatic nitrogens is 1. The van der Waals surface area contributed by atoms with Gasteiger partial charge in [-0.3, -0.25) is 0 Å². The minimum atomic E-state index is -1.12. The Morgan fingerprint density at radius 2 is 1.60 bits per heavy atom. The quantitative estimate of drug-likeness (QED) is 0.527. The molecule has 1 amide bonds. The third-order valence-electron chi connectivity index (χ3n) is 6.09. The van der Waals surface area contributed by atoms with Crippen LogP contribution in [0.1, 0.15) is 56.9 Å². The zero-order valence-electron chi connectivity index (χ0n) is 20.4. The molecule has 8 heteroatoms. The summed E-state index contributed by atoms with van der Waals surface area (Å²) in [6, 6.07) is 14.3. The number of carbonyl (C=O) groups excluding carboxylic acids is 1. The standard InChI is InChI=1S/C25H24N2O6.C2H6/c1-15-19(23(28)29)12-22(26(15)2)20-10-17-8-9-27(13-18(17)11-21(20)24(30)31)25(32)33-14-16-6-4-3-5-7-16;1-2/h3-7,10-12H,8-9,13-14H2,1-2H3,(H,28,29)(H,30,31);1-2H3. The lowest BCUT2D eigenvalue weighted by Crippen LogP contribution is -2.36. The van der Waals surface area contributed by atoms with E-state index in [0.29, 0.717) is 29.9 Å². The van der Waals surface area contributed by atoms with Crippen LogP contribution in [0.15, 0.2) is 48.5 Å². The van der Waals surface area contributed by atoms with Crippen molar-refractivity contribution in [3.63, 3.8) is 0 Å². The molecular weight excluding hydrogens is 448 g/mol. The zero-order chi connectivity index (χ0) is 25.7. The van der Waals surface area contributed by atoms with E-state index in [1.807, 2.05) is 44.2 Å². The molecule has 0 fully saturated rings. The first-order chi connectivity index (χ1) is 16.8. The summed E-state index contributed by atoms with van der Waals surface area (Å²) in [5.74, 6) is -2.18. The van der Waals surface area contributed by atoms with Crippen LogP contribution in [0.4, 0.5) is 4.79 Å². The molecule has 35 heavy (non-hydrogen) atoms. The number of nitrogens with zero attached hydrogens (tertiary/aromatic N) is 2. The molecule has 0 saturated heterocycles. The first-order valence-corrected chi connectivity index (χ1v) is 11.5. The second-order valence-corrected chi connectivity index (χ2v) is 8.08. The molecule has 0 saturated carbocycles. The SMILES string of the molecule is CC.Cc1c(C(=O)O)cc(-c2cc3c(cc2C(=O)O)CN(C(=O)OCc2ccccc2)CC3)n1C. The van der Waals surface area contributed by atoms with Gasteiger partial charge in [-0.1, -0.05) is 44.2 Å². The Morgan fingerprint density at radius 3 is 2.20 bits per heavy atom. The van der Waals surface area contributed by atoms with Crippen LogP contribution in [-0.2, 0) is 31.4 Å². The van der Waals surface area contributed by atoms with E-state index in [1.54, 1.807) is 35.6 Å². The van der Waals surface area contributed by atoms with Crippen molar-refractivity contribution in [1.29, 1.82) is 0 Å². The first kappa shape index (κ1) is 25.6. The summed E-state index contributed by atoms with van der Waals surface area (Å²) >= 11 is 0. The number of benzene rings is 2. The minimum Gasteiger partial charge on any atom is -0.478 e. The highest BCUT2D eigenvalue weighted by Crippen LogP contribution is 2.33. The van der Waals surface area contributed by atoms with Crippen molar-refractivity contribution in [2.75, 3.05) is 6.54 Å². The monoisotopic (exact) mass is 478 g/mol. The van der Waals surface area contributed by atoms with E-state index in [0.717, 1.165) is 16.7 Å². The predicted molar refractivity (Wildman–Crippen MR) is 132 cm³/mol. The smallest absolute Gasteiger partial charge is 0.410 e. The van der Waals surface area contributed by atoms with Gasteiger partial charge >= 0.3 is 18.0 Å². The average Bonchev–Trinajstić information content (AvgIpc) is 3.17. The van der Waals surface area contributed by atoms with Gasteiger partial charge in [-0.15, -0.1) is 0 Å². The van der Waals surface area contributed by atoms with E-state index in [-0.39, 0.29) is 24.3 Å². The number of carboxylic acids is 2. The molecule has 1 aliphatic heterocycles. The molecule has 0 atom stereocenters. The van der Waals surface area contributed by atoms with Crippen molar-refractivity contribution in [3.05, 3.63) is 82.0 Å². The number of hydrogen-bond donors (Lipinski definition) is 2. The van der Waals surface area contributed by atoms with Crippen molar-refractivity contribution < 1.29 is 29.3 Å². The van der Waals surface area contributed by atoms with Crippen LogP contribution in [0.5, 0.6) is 0 Å². The zero-order valence-corrected chi connectivity index (χ0v) is 20.4. The third-order valence-corrected chi connectivity index (χ3v) is 6.09. The van der Waals surface area contributed by atoms with E-state index in [4.69, 9.17) is 4.74 Å². The fourth-order valence-electron chi connectivity index (χ4n) is 4.14. The van der Waals surface area contributed by atoms with E-state index in [1.165, 1.54) is 6.07 Å². The van der Waals surface area contributed by atoms with Gasteiger partial charge < -0.3 is 24.4 Å². The fourth-order valence-corrected chi connectivity index (χ4v) is 4.14. The van der Waals surface area contributed by atoms with Crippen molar-refractivity contribution >= 4 is 18.0 Å². The Labute approximate surface area is 204 Å². The predicted octanol–water partition coefficient (Wildman–Crippen LogP) is 5.12. The summed E-state index contributed by atoms with van der Waals surface area (Å²) in [5.41, 5.74) is 4.27. The van der Waals surface area contributed by atoms with Gasteiger partial charge in [-0.2, -0.15) is 0 Å². The van der Waals surface area contributed by atoms with Crippen molar-refractivity contribution in [3.8, 4) is 11.3 Å². The number of carbonyl (C=O) groups is 3. The summed E-state index contributed by atoms with van der Waals surface area (Å²) in [5, 5.41) is 19.3. The summed E-state index contributed by atoms with van der Waals surface area (Å²) in [7, 11) is 1.71. The number of aromatic carboxylic acids is 2. The van der Waals surface area contributed by atoms with Crippen LogP contribution in [-0.4, -0.2) is 44.3 Å². The number of ether oxygens (including phenoxy) is 1. The Morgan fingerprint density at radius 1 is 0.943 bits per heavy atom. The van der Waals surface area contributed by atoms with E-state index < -0.39 is 18.0 Å². The molecule has 3 aromatic rings. The summed E-state index contributed by atoms with van der Waals surface area (Å²) in [6.07, 6.45) is 0.0901. The summed E-state index contributed by atoms with van der Waals surface area (Å²) in [4.78, 5) is 37.7. The molecule has 2 aromatic carbocycles. The van der Waals surface area contributed by atoms with Gasteiger partial charge in [-0.05, 0) is 48.2 Å². The van der Waals surface area contributed by atoms with Crippen LogP contribution in [0.2, 0.25) is 0 Å². The van der Waals surface area contributed by atoms with E-state index in [9.17, 15) is 24.6 Å². The Hall–Kier alpha value is -4.07. The number of amides is 1. The van der Waals surface area contributed by atoms with Crippen LogP contribution < -0.4 is 0 Å². The first-order valence-electron chi connectivity index (χ1n) is 11.5. The average molecular weight is 479 g/mol. The molecule has 2 heterocycles. The minimum absolute atomic E-state index is 0.0609. The van der Waals surface area contributed by atoms with Crippen molar-refractivity contribution in [1.82, 2.24) is 9.47 Å². The van der Waals surface area contributed by atoms with Gasteiger partial charge in [-0.25, -0.2) is 14.4 Å². The number of fused-ring (bicyclic) bond motifs is 1. The maximum absolute atomic E-state index is 12.6. The molecule has 1 aliphatic rings. The normalized spacial score (nSPS) is 12.3. The second kappa shape index (κ2) is 10.9. The highest BCUT2D eigenvalue weighted by atomic mass is 16.6. The van der Waals surface area contributed by atoms with Gasteiger partial charge in [0.2, 0.25) is 0 Å². The molecule has 0 spiro atoms. The summed E-state index contributed by atoms with van der Waals surface area (Å²) in [6.45, 7) is 6.54. The van der Waals surface area contributed by atoms with Gasteiger partial charge in [0.15, 0.2) is 0 Å². The van der Waals surface area contributed by atoms with E-state index >= 15 is 0 Å². The number of rotatable bonds is 5. The van der Waals surface area contributed by atoms with Crippen LogP contribution >= 0.6 is 0 Å². The molecule has 2 N–H and O–H groups in total. The molecule has 8 nitrogen and oxygen atoms in total. The Kier molecular flexibility index (Phi) is 7.96. The molecular formula is C27H30N2O6. The van der Waals surface area contributed by atoms with Gasteiger partial charge in [0, 0.05) is 37.1 Å². The lowest BCUT2D eigenvalue weighted by Gasteiger charge is -2.29. The fraction of sp³-hybridized carbons (Fsp3) is 0.296. The highest BCUT2D eigenvalue weighted by Gasteiger charge is 2.26. The molecule has 184 valence electrons. The maximum atomic E-state index is 12.6. The third kappa shape index (κ3) is 5.37. The molecule has 4 rings (SSSR count). The van der Waals surface area contributed by atoms with Gasteiger partial charge in [0.05, 0.1) is 11.1 Å². The van der Waals surface area contributed by atoms with Gasteiger partial charge in [0.1, 0.15) is 6.61 Å². The van der Waals surface area contributed by atoms with E-state index in [2.05, 4.69) is 0 Å². The lowest BCUT2D eigenvalue weighted by molar-refractivity contribution is 0.0686. The number of hydrogen-bond acceptors (Lipinski definition) is 4. The largest absolute Gasteiger partial charge is 0.478 e. The topological polar surface area (TPSA) is 109 Å². The summed E-state index contributed by atoms with van der Waals surface area (Å²) < 4.78 is 7.11.